The SMILES string of the molecule is NCCCCNC(=O)C1CCCN1C(=O)c1cccs1. The molecule has 110 valence electrons. The molecule has 1 saturated heterocycles. The molecule has 2 amide bonds. The lowest BCUT2D eigenvalue weighted by atomic mass is 10.2. The number of unbranched alkanes of at least 4 members (excludes halogenated alkanes) is 1. The van der Waals surface area contributed by atoms with Crippen LogP contribution in [0.3, 0.4) is 0 Å². The van der Waals surface area contributed by atoms with Crippen molar-refractivity contribution in [2.75, 3.05) is 19.6 Å². The third-order valence-corrected chi connectivity index (χ3v) is 4.34. The Morgan fingerprint density at radius 2 is 2.30 bits per heavy atom. The Labute approximate surface area is 123 Å². The molecular weight excluding hydrogens is 274 g/mol. The zero-order chi connectivity index (χ0) is 14.4. The molecule has 0 aromatic carbocycles. The van der Waals surface area contributed by atoms with Gasteiger partial charge in [-0.2, -0.15) is 0 Å². The minimum Gasteiger partial charge on any atom is -0.354 e. The fourth-order valence-electron chi connectivity index (χ4n) is 2.42. The molecule has 1 unspecified atom stereocenters. The Bertz CT molecular complexity index is 447. The summed E-state index contributed by atoms with van der Waals surface area (Å²) in [5.74, 6) is -0.0657. The van der Waals surface area contributed by atoms with Gasteiger partial charge in [-0.25, -0.2) is 0 Å². The molecule has 1 aliphatic heterocycles. The van der Waals surface area contributed by atoms with Crippen molar-refractivity contribution in [3.8, 4) is 0 Å². The van der Waals surface area contributed by atoms with Crippen molar-refractivity contribution in [3.63, 3.8) is 0 Å². The highest BCUT2D eigenvalue weighted by Crippen LogP contribution is 2.22. The average Bonchev–Trinajstić information content (AvgIpc) is 3.12. The predicted octanol–water partition coefficient (Wildman–Crippen LogP) is 1.21. The number of hydrogen-bond acceptors (Lipinski definition) is 4. The molecule has 1 aromatic rings. The monoisotopic (exact) mass is 295 g/mol. The molecule has 5 nitrogen and oxygen atoms in total. The quantitative estimate of drug-likeness (QED) is 0.775. The molecule has 1 aromatic heterocycles. The van der Waals surface area contributed by atoms with Crippen molar-refractivity contribution >= 4 is 23.2 Å². The molecule has 1 aliphatic rings. The Morgan fingerprint density at radius 1 is 1.45 bits per heavy atom. The summed E-state index contributed by atoms with van der Waals surface area (Å²) >= 11 is 1.42. The molecule has 0 spiro atoms. The fraction of sp³-hybridized carbons (Fsp3) is 0.571. The van der Waals surface area contributed by atoms with Crippen molar-refractivity contribution in [2.45, 2.75) is 31.7 Å². The number of nitrogens with one attached hydrogen (secondary N) is 1. The third kappa shape index (κ3) is 3.58. The van der Waals surface area contributed by atoms with Crippen LogP contribution < -0.4 is 11.1 Å². The first-order chi connectivity index (χ1) is 9.74. The van der Waals surface area contributed by atoms with Crippen molar-refractivity contribution in [3.05, 3.63) is 22.4 Å². The van der Waals surface area contributed by atoms with Crippen LogP contribution in [0.15, 0.2) is 17.5 Å². The molecular formula is C14H21N3O2S. The van der Waals surface area contributed by atoms with Gasteiger partial charge in [-0.05, 0) is 43.7 Å². The van der Waals surface area contributed by atoms with Gasteiger partial charge in [0.15, 0.2) is 0 Å². The number of carbonyl (C=O) groups excluding carboxylic acids is 2. The minimum atomic E-state index is -0.317. The van der Waals surface area contributed by atoms with Gasteiger partial charge in [-0.15, -0.1) is 11.3 Å². The van der Waals surface area contributed by atoms with E-state index in [1.807, 2.05) is 17.5 Å². The second kappa shape index (κ2) is 7.40. The minimum absolute atomic E-state index is 0.0281. The van der Waals surface area contributed by atoms with E-state index >= 15 is 0 Å². The number of rotatable bonds is 6. The van der Waals surface area contributed by atoms with E-state index in [1.165, 1.54) is 11.3 Å². The van der Waals surface area contributed by atoms with Crippen molar-refractivity contribution < 1.29 is 9.59 Å². The maximum atomic E-state index is 12.3. The molecule has 2 heterocycles. The first kappa shape index (κ1) is 15.0. The Hall–Kier alpha value is -1.40. The average molecular weight is 295 g/mol. The van der Waals surface area contributed by atoms with Gasteiger partial charge in [0.25, 0.3) is 5.91 Å². The second-order valence-electron chi connectivity index (χ2n) is 4.92. The van der Waals surface area contributed by atoms with Crippen LogP contribution >= 0.6 is 11.3 Å². The topological polar surface area (TPSA) is 75.4 Å². The number of thiophene rings is 1. The number of hydrogen-bond donors (Lipinski definition) is 2. The van der Waals surface area contributed by atoms with Gasteiger partial charge < -0.3 is 16.0 Å². The van der Waals surface area contributed by atoms with E-state index in [0.29, 0.717) is 24.5 Å². The molecule has 0 radical (unpaired) electrons. The van der Waals surface area contributed by atoms with Crippen molar-refractivity contribution in [1.29, 1.82) is 0 Å². The molecule has 0 aliphatic carbocycles. The molecule has 0 saturated carbocycles. The van der Waals surface area contributed by atoms with E-state index in [4.69, 9.17) is 5.73 Å². The summed E-state index contributed by atoms with van der Waals surface area (Å²) < 4.78 is 0. The van der Waals surface area contributed by atoms with E-state index in [1.54, 1.807) is 4.90 Å². The zero-order valence-corrected chi connectivity index (χ0v) is 12.3. The summed E-state index contributed by atoms with van der Waals surface area (Å²) in [4.78, 5) is 26.9. The summed E-state index contributed by atoms with van der Waals surface area (Å²) in [5, 5.41) is 4.78. The zero-order valence-electron chi connectivity index (χ0n) is 11.5. The summed E-state index contributed by atoms with van der Waals surface area (Å²) in [5.41, 5.74) is 5.42. The third-order valence-electron chi connectivity index (χ3n) is 3.48. The molecule has 0 bridgehead atoms. The van der Waals surface area contributed by atoms with E-state index in [2.05, 4.69) is 5.32 Å². The maximum Gasteiger partial charge on any atom is 0.264 e. The Morgan fingerprint density at radius 3 is 3.00 bits per heavy atom. The van der Waals surface area contributed by atoms with E-state index in [-0.39, 0.29) is 17.9 Å². The van der Waals surface area contributed by atoms with Gasteiger partial charge in [0.1, 0.15) is 6.04 Å². The van der Waals surface area contributed by atoms with Gasteiger partial charge in [0.2, 0.25) is 5.91 Å². The van der Waals surface area contributed by atoms with Crippen LogP contribution in [-0.4, -0.2) is 42.4 Å². The smallest absolute Gasteiger partial charge is 0.264 e. The van der Waals surface area contributed by atoms with Crippen molar-refractivity contribution in [1.82, 2.24) is 10.2 Å². The Balaban J connectivity index is 1.90. The molecule has 6 heteroatoms. The van der Waals surface area contributed by atoms with Crippen LogP contribution in [0.1, 0.15) is 35.4 Å². The van der Waals surface area contributed by atoms with E-state index in [0.717, 1.165) is 25.7 Å². The molecule has 1 atom stereocenters. The standard InChI is InChI=1S/C14H21N3O2S/c15-7-1-2-8-16-13(18)11-5-3-9-17(11)14(19)12-6-4-10-20-12/h4,6,10-11H,1-3,5,7-9,15H2,(H,16,18). The van der Waals surface area contributed by atoms with Crippen LogP contribution in [0, 0.1) is 0 Å². The van der Waals surface area contributed by atoms with Crippen LogP contribution in [0.2, 0.25) is 0 Å². The highest BCUT2D eigenvalue weighted by molar-refractivity contribution is 7.12. The van der Waals surface area contributed by atoms with E-state index < -0.39 is 0 Å². The van der Waals surface area contributed by atoms with Crippen LogP contribution in [-0.2, 0) is 4.79 Å². The van der Waals surface area contributed by atoms with Gasteiger partial charge >= 0.3 is 0 Å². The maximum absolute atomic E-state index is 12.3. The summed E-state index contributed by atoms with van der Waals surface area (Å²) in [6, 6.07) is 3.35. The van der Waals surface area contributed by atoms with Crippen LogP contribution in [0.5, 0.6) is 0 Å². The van der Waals surface area contributed by atoms with Gasteiger partial charge in [-0.1, -0.05) is 6.07 Å². The second-order valence-corrected chi connectivity index (χ2v) is 5.87. The number of likely N-dealkylation sites (tertiary alicyclic amines) is 1. The summed E-state index contributed by atoms with van der Waals surface area (Å²) in [6.45, 7) is 1.94. The molecule has 1 fully saturated rings. The first-order valence-electron chi connectivity index (χ1n) is 7.06. The van der Waals surface area contributed by atoms with Crippen LogP contribution in [0.25, 0.3) is 0 Å². The number of carbonyl (C=O) groups is 2. The van der Waals surface area contributed by atoms with Crippen LogP contribution in [0.4, 0.5) is 0 Å². The first-order valence-corrected chi connectivity index (χ1v) is 7.94. The highest BCUT2D eigenvalue weighted by atomic mass is 32.1. The number of amides is 2. The number of nitrogens with two attached hydrogens (primary N) is 1. The molecule has 2 rings (SSSR count). The van der Waals surface area contributed by atoms with Gasteiger partial charge in [0.05, 0.1) is 4.88 Å². The normalized spacial score (nSPS) is 18.2. The van der Waals surface area contributed by atoms with Gasteiger partial charge in [-0.3, -0.25) is 9.59 Å². The fourth-order valence-corrected chi connectivity index (χ4v) is 3.10. The van der Waals surface area contributed by atoms with E-state index in [9.17, 15) is 9.59 Å². The molecule has 20 heavy (non-hydrogen) atoms. The number of nitrogens with zero attached hydrogens (tertiary/aromatic N) is 1. The highest BCUT2D eigenvalue weighted by Gasteiger charge is 2.34. The summed E-state index contributed by atoms with van der Waals surface area (Å²) in [6.07, 6.45) is 3.43. The lowest BCUT2D eigenvalue weighted by molar-refractivity contribution is -0.124. The Kier molecular flexibility index (Phi) is 5.55. The van der Waals surface area contributed by atoms with Gasteiger partial charge in [0, 0.05) is 13.1 Å². The lowest BCUT2D eigenvalue weighted by Gasteiger charge is -2.23. The largest absolute Gasteiger partial charge is 0.354 e. The predicted molar refractivity (Wildman–Crippen MR) is 79.7 cm³/mol. The summed E-state index contributed by atoms with van der Waals surface area (Å²) in [7, 11) is 0. The van der Waals surface area contributed by atoms with Crippen molar-refractivity contribution in [2.24, 2.45) is 5.73 Å². The lowest BCUT2D eigenvalue weighted by Crippen LogP contribution is -2.46. The molecule has 3 N–H and O–H groups in total.